The highest BCUT2D eigenvalue weighted by Crippen LogP contribution is 2.21. The molecule has 5 heteroatoms. The van der Waals surface area contributed by atoms with Gasteiger partial charge in [-0.15, -0.1) is 0 Å². The molecule has 0 N–H and O–H groups in total. The maximum atomic E-state index is 11.7. The van der Waals surface area contributed by atoms with E-state index in [1.165, 1.54) is 22.2 Å². The summed E-state index contributed by atoms with van der Waals surface area (Å²) < 4.78 is 0.523. The van der Waals surface area contributed by atoms with Crippen molar-refractivity contribution in [3.8, 4) is 0 Å². The molecule has 2 aromatic carbocycles. The number of carbonyl (C=O) groups excluding carboxylic acids is 1. The molecule has 0 radical (unpaired) electrons. The average molecular weight is 300 g/mol. The van der Waals surface area contributed by atoms with Crippen LogP contribution >= 0.6 is 24.0 Å². The molecule has 0 atom stereocenters. The zero-order chi connectivity index (χ0) is 14.1. The molecule has 0 unspecified atom stereocenters. The first-order valence-electron chi connectivity index (χ1n) is 6.19. The van der Waals surface area contributed by atoms with Gasteiger partial charge in [-0.1, -0.05) is 60.4 Å². The normalized spacial score (nSPS) is 16.2. The van der Waals surface area contributed by atoms with E-state index in [2.05, 4.69) is 29.4 Å². The maximum absolute atomic E-state index is 11.7. The van der Waals surface area contributed by atoms with Gasteiger partial charge < -0.3 is 0 Å². The third kappa shape index (κ3) is 2.46. The molecule has 0 bridgehead atoms. The number of rotatable bonds is 2. The fraction of sp³-hybridized carbons (Fsp3) is 0.133. The van der Waals surface area contributed by atoms with Crippen LogP contribution in [0.15, 0.2) is 47.6 Å². The van der Waals surface area contributed by atoms with Gasteiger partial charge in [0.25, 0.3) is 5.91 Å². The van der Waals surface area contributed by atoms with E-state index in [9.17, 15) is 4.79 Å². The number of carbonyl (C=O) groups is 1. The monoisotopic (exact) mass is 300 g/mol. The lowest BCUT2D eigenvalue weighted by atomic mass is 10.0. The van der Waals surface area contributed by atoms with Crippen molar-refractivity contribution in [3.63, 3.8) is 0 Å². The van der Waals surface area contributed by atoms with E-state index in [4.69, 9.17) is 12.2 Å². The SMILES string of the molecule is C/C(=N/N1C(=O)CSC1=S)c1ccc2ccccc2c1. The minimum Gasteiger partial charge on any atom is -0.272 e. The lowest BCUT2D eigenvalue weighted by Crippen LogP contribution is -2.24. The van der Waals surface area contributed by atoms with Gasteiger partial charge in [-0.3, -0.25) is 4.79 Å². The highest BCUT2D eigenvalue weighted by molar-refractivity contribution is 8.23. The average Bonchev–Trinajstić information content (AvgIpc) is 2.78. The van der Waals surface area contributed by atoms with Crippen LogP contribution in [0.1, 0.15) is 12.5 Å². The first kappa shape index (κ1) is 13.3. The molecule has 1 aliphatic rings. The molecule has 1 aliphatic heterocycles. The Kier molecular flexibility index (Phi) is 3.54. The molecule has 0 saturated carbocycles. The molecule has 1 fully saturated rings. The number of fused-ring (bicyclic) bond motifs is 1. The molecule has 0 aromatic heterocycles. The lowest BCUT2D eigenvalue weighted by Gasteiger charge is -2.10. The molecule has 0 spiro atoms. The van der Waals surface area contributed by atoms with Crippen LogP contribution in [0, 0.1) is 0 Å². The van der Waals surface area contributed by atoms with Crippen LogP contribution < -0.4 is 0 Å². The van der Waals surface area contributed by atoms with Crippen molar-refractivity contribution in [1.82, 2.24) is 5.01 Å². The van der Waals surface area contributed by atoms with Crippen molar-refractivity contribution in [2.24, 2.45) is 5.10 Å². The van der Waals surface area contributed by atoms with Crippen LogP contribution in [0.3, 0.4) is 0 Å². The van der Waals surface area contributed by atoms with Crippen LogP contribution in [0.5, 0.6) is 0 Å². The van der Waals surface area contributed by atoms with Crippen molar-refractivity contribution in [3.05, 3.63) is 48.0 Å². The van der Waals surface area contributed by atoms with E-state index in [1.54, 1.807) is 0 Å². The van der Waals surface area contributed by atoms with Crippen LogP contribution in [-0.4, -0.2) is 26.7 Å². The Morgan fingerprint density at radius 1 is 1.25 bits per heavy atom. The van der Waals surface area contributed by atoms with Crippen molar-refractivity contribution < 1.29 is 4.79 Å². The van der Waals surface area contributed by atoms with E-state index in [0.29, 0.717) is 10.1 Å². The predicted molar refractivity (Wildman–Crippen MR) is 88.1 cm³/mol. The van der Waals surface area contributed by atoms with E-state index < -0.39 is 0 Å². The molecular weight excluding hydrogens is 288 g/mol. The summed E-state index contributed by atoms with van der Waals surface area (Å²) in [4.78, 5) is 11.7. The molecule has 3 nitrogen and oxygen atoms in total. The second-order valence-electron chi connectivity index (χ2n) is 4.51. The molecule has 1 amide bonds. The topological polar surface area (TPSA) is 32.7 Å². The lowest BCUT2D eigenvalue weighted by molar-refractivity contribution is -0.124. The predicted octanol–water partition coefficient (Wildman–Crippen LogP) is 3.42. The Bertz CT molecular complexity index is 723. The van der Waals surface area contributed by atoms with Crippen molar-refractivity contribution in [2.75, 3.05) is 5.75 Å². The standard InChI is InChI=1S/C15H12N2OS2/c1-10(16-17-14(18)9-20-15(17)19)12-7-6-11-4-2-3-5-13(11)8-12/h2-8H,9H2,1H3/b16-10-. The van der Waals surface area contributed by atoms with Crippen LogP contribution in [-0.2, 0) is 4.79 Å². The van der Waals surface area contributed by atoms with Gasteiger partial charge >= 0.3 is 0 Å². The molecule has 3 rings (SSSR count). The Labute approximate surface area is 126 Å². The van der Waals surface area contributed by atoms with E-state index in [-0.39, 0.29) is 5.91 Å². The second-order valence-corrected chi connectivity index (χ2v) is 6.12. The first-order chi connectivity index (χ1) is 9.65. The summed E-state index contributed by atoms with van der Waals surface area (Å²) in [5.41, 5.74) is 1.78. The zero-order valence-corrected chi connectivity index (χ0v) is 12.5. The number of hydrogen-bond donors (Lipinski definition) is 0. The third-order valence-electron chi connectivity index (χ3n) is 3.15. The Morgan fingerprint density at radius 2 is 2.00 bits per heavy atom. The molecule has 2 aromatic rings. The van der Waals surface area contributed by atoms with Gasteiger partial charge in [-0.05, 0) is 29.3 Å². The summed E-state index contributed by atoms with van der Waals surface area (Å²) in [7, 11) is 0. The first-order valence-corrected chi connectivity index (χ1v) is 7.58. The number of benzene rings is 2. The fourth-order valence-corrected chi connectivity index (χ4v) is 3.02. The molecule has 100 valence electrons. The Balaban J connectivity index is 1.97. The van der Waals surface area contributed by atoms with Gasteiger partial charge in [0, 0.05) is 0 Å². The Hall–Kier alpha value is -1.72. The fourth-order valence-electron chi connectivity index (χ4n) is 2.07. The van der Waals surface area contributed by atoms with Gasteiger partial charge in [0.15, 0.2) is 4.32 Å². The number of thiocarbonyl (C=S) groups is 1. The zero-order valence-electron chi connectivity index (χ0n) is 10.9. The van der Waals surface area contributed by atoms with Gasteiger partial charge in [0.1, 0.15) is 0 Å². The number of thioether (sulfide) groups is 1. The van der Waals surface area contributed by atoms with E-state index in [1.807, 2.05) is 25.1 Å². The molecular formula is C15H12N2OS2. The van der Waals surface area contributed by atoms with Crippen LogP contribution in [0.25, 0.3) is 10.8 Å². The highest BCUT2D eigenvalue weighted by Gasteiger charge is 2.26. The van der Waals surface area contributed by atoms with Crippen molar-refractivity contribution >= 4 is 50.7 Å². The summed E-state index contributed by atoms with van der Waals surface area (Å²) in [5, 5.41) is 8.02. The summed E-state index contributed by atoms with van der Waals surface area (Å²) in [6, 6.07) is 14.3. The minimum atomic E-state index is -0.0554. The third-order valence-corrected chi connectivity index (χ3v) is 4.48. The summed E-state index contributed by atoms with van der Waals surface area (Å²) >= 11 is 6.48. The maximum Gasteiger partial charge on any atom is 0.259 e. The summed E-state index contributed by atoms with van der Waals surface area (Å²) in [6.45, 7) is 1.89. The van der Waals surface area contributed by atoms with E-state index >= 15 is 0 Å². The molecule has 1 saturated heterocycles. The number of amides is 1. The van der Waals surface area contributed by atoms with Crippen molar-refractivity contribution in [2.45, 2.75) is 6.92 Å². The van der Waals surface area contributed by atoms with Gasteiger partial charge in [-0.25, -0.2) is 0 Å². The minimum absolute atomic E-state index is 0.0554. The molecule has 0 aliphatic carbocycles. The number of nitrogens with zero attached hydrogens (tertiary/aromatic N) is 2. The number of hydrogen-bond acceptors (Lipinski definition) is 4. The van der Waals surface area contributed by atoms with Crippen molar-refractivity contribution in [1.29, 1.82) is 0 Å². The largest absolute Gasteiger partial charge is 0.272 e. The summed E-state index contributed by atoms with van der Waals surface area (Å²) in [6.07, 6.45) is 0. The van der Waals surface area contributed by atoms with Gasteiger partial charge in [0.2, 0.25) is 0 Å². The van der Waals surface area contributed by atoms with Crippen LogP contribution in [0.2, 0.25) is 0 Å². The second kappa shape index (κ2) is 5.34. The van der Waals surface area contributed by atoms with Gasteiger partial charge in [0.05, 0.1) is 11.5 Å². The molecule has 1 heterocycles. The van der Waals surface area contributed by atoms with E-state index in [0.717, 1.165) is 16.7 Å². The number of hydrazone groups is 1. The molecule has 20 heavy (non-hydrogen) atoms. The smallest absolute Gasteiger partial charge is 0.259 e. The summed E-state index contributed by atoms with van der Waals surface area (Å²) in [5.74, 6) is 0.327. The highest BCUT2D eigenvalue weighted by atomic mass is 32.2. The quantitative estimate of drug-likeness (QED) is 0.629. The Morgan fingerprint density at radius 3 is 2.70 bits per heavy atom. The van der Waals surface area contributed by atoms with Gasteiger partial charge in [-0.2, -0.15) is 10.1 Å². The van der Waals surface area contributed by atoms with Crippen LogP contribution in [0.4, 0.5) is 0 Å².